The van der Waals surface area contributed by atoms with Gasteiger partial charge in [0.05, 0.1) is 17.1 Å². The molecule has 0 atom stereocenters. The van der Waals surface area contributed by atoms with Gasteiger partial charge in [0, 0.05) is 4.88 Å². The van der Waals surface area contributed by atoms with Crippen molar-refractivity contribution in [2.45, 2.75) is 31.1 Å². The Bertz CT molecular complexity index is 1130. The lowest BCUT2D eigenvalue weighted by Gasteiger charge is -2.10. The molecular weight excluding hydrogens is 382 g/mol. The van der Waals surface area contributed by atoms with Gasteiger partial charge in [-0.25, -0.2) is 13.2 Å². The molecule has 1 heterocycles. The molecule has 0 radical (unpaired) electrons. The van der Waals surface area contributed by atoms with Gasteiger partial charge in [0.2, 0.25) is 0 Å². The zero-order valence-electron chi connectivity index (χ0n) is 14.8. The molecule has 27 heavy (non-hydrogen) atoms. The Labute approximate surface area is 162 Å². The maximum Gasteiger partial charge on any atom is 0.341 e. The quantitative estimate of drug-likeness (QED) is 0.645. The molecule has 1 N–H and O–H groups in total. The summed E-state index contributed by atoms with van der Waals surface area (Å²) in [6.45, 7) is 1.99. The van der Waals surface area contributed by atoms with E-state index in [0.29, 0.717) is 10.6 Å². The Balaban J connectivity index is 1.73. The highest BCUT2D eigenvalue weighted by Gasteiger charge is 2.29. The number of ether oxygens (including phenoxy) is 1. The van der Waals surface area contributed by atoms with Gasteiger partial charge in [-0.15, -0.1) is 11.3 Å². The minimum absolute atomic E-state index is 0.171. The van der Waals surface area contributed by atoms with Crippen LogP contribution in [0.5, 0.6) is 0 Å². The number of anilines is 1. The van der Waals surface area contributed by atoms with Gasteiger partial charge in [0.1, 0.15) is 5.00 Å². The summed E-state index contributed by atoms with van der Waals surface area (Å²) in [7, 11) is -3.81. The summed E-state index contributed by atoms with van der Waals surface area (Å²) in [6.07, 6.45) is 2.62. The highest BCUT2D eigenvalue weighted by molar-refractivity contribution is 7.93. The zero-order chi connectivity index (χ0) is 19.0. The number of aryl methyl sites for hydroxylation is 1. The lowest BCUT2D eigenvalue weighted by molar-refractivity contribution is 0.0527. The third-order valence-electron chi connectivity index (χ3n) is 4.66. The van der Waals surface area contributed by atoms with Crippen molar-refractivity contribution in [1.82, 2.24) is 0 Å². The van der Waals surface area contributed by atoms with E-state index in [1.807, 2.05) is 24.3 Å². The first-order chi connectivity index (χ1) is 13.0. The predicted octanol–water partition coefficient (Wildman–Crippen LogP) is 4.37. The first kappa shape index (κ1) is 18.0. The van der Waals surface area contributed by atoms with Gasteiger partial charge in [0.15, 0.2) is 0 Å². The van der Waals surface area contributed by atoms with Gasteiger partial charge in [-0.1, -0.05) is 30.3 Å². The van der Waals surface area contributed by atoms with Crippen molar-refractivity contribution in [3.63, 3.8) is 0 Å². The van der Waals surface area contributed by atoms with Gasteiger partial charge >= 0.3 is 5.97 Å². The molecule has 0 amide bonds. The van der Waals surface area contributed by atoms with E-state index in [4.69, 9.17) is 4.74 Å². The fraction of sp³-hybridized carbons (Fsp3) is 0.250. The van der Waals surface area contributed by atoms with Crippen LogP contribution in [0.25, 0.3) is 10.8 Å². The van der Waals surface area contributed by atoms with Crippen molar-refractivity contribution in [2.24, 2.45) is 0 Å². The molecular formula is C20H19NO4S2. The Morgan fingerprint density at radius 3 is 2.70 bits per heavy atom. The number of hydrogen-bond acceptors (Lipinski definition) is 5. The summed E-state index contributed by atoms with van der Waals surface area (Å²) in [5.41, 5.74) is 1.30. The Hall–Kier alpha value is -2.38. The number of nitrogens with one attached hydrogen (secondary N) is 1. The van der Waals surface area contributed by atoms with Crippen LogP contribution in [-0.4, -0.2) is 21.0 Å². The van der Waals surface area contributed by atoms with Crippen LogP contribution in [0.2, 0.25) is 0 Å². The zero-order valence-corrected chi connectivity index (χ0v) is 16.5. The van der Waals surface area contributed by atoms with Crippen LogP contribution in [-0.2, 0) is 27.6 Å². The molecule has 0 saturated carbocycles. The van der Waals surface area contributed by atoms with E-state index in [-0.39, 0.29) is 11.5 Å². The molecule has 0 fully saturated rings. The highest BCUT2D eigenvalue weighted by Crippen LogP contribution is 2.40. The fourth-order valence-electron chi connectivity index (χ4n) is 3.41. The normalized spacial score (nSPS) is 13.5. The molecule has 0 unspecified atom stereocenters. The molecule has 0 bridgehead atoms. The number of carbonyl (C=O) groups is 1. The number of hydrogen-bond donors (Lipinski definition) is 1. The largest absolute Gasteiger partial charge is 0.462 e. The second-order valence-electron chi connectivity index (χ2n) is 6.40. The maximum absolute atomic E-state index is 12.9. The van der Waals surface area contributed by atoms with E-state index in [0.717, 1.165) is 40.5 Å². The van der Waals surface area contributed by atoms with Crippen LogP contribution in [0.3, 0.4) is 0 Å². The predicted molar refractivity (Wildman–Crippen MR) is 107 cm³/mol. The third-order valence-corrected chi connectivity index (χ3v) is 7.34. The van der Waals surface area contributed by atoms with Crippen molar-refractivity contribution in [1.29, 1.82) is 0 Å². The number of fused-ring (bicyclic) bond motifs is 2. The Morgan fingerprint density at radius 1 is 1.15 bits per heavy atom. The SMILES string of the molecule is CCOC(=O)c1c(NS(=O)(=O)c2ccc3ccccc3c2)sc2c1CCC2. The van der Waals surface area contributed by atoms with Gasteiger partial charge in [-0.3, -0.25) is 4.72 Å². The Kier molecular flexibility index (Phi) is 4.65. The number of benzene rings is 2. The molecule has 0 saturated heterocycles. The van der Waals surface area contributed by atoms with Crippen molar-refractivity contribution >= 4 is 43.1 Å². The van der Waals surface area contributed by atoms with Gasteiger partial charge in [-0.05, 0) is 54.7 Å². The highest BCUT2D eigenvalue weighted by atomic mass is 32.2. The first-order valence-corrected chi connectivity index (χ1v) is 11.1. The molecule has 0 aliphatic heterocycles. The molecule has 4 rings (SSSR count). The van der Waals surface area contributed by atoms with Crippen molar-refractivity contribution < 1.29 is 17.9 Å². The van der Waals surface area contributed by atoms with E-state index >= 15 is 0 Å². The van der Waals surface area contributed by atoms with E-state index in [1.165, 1.54) is 11.3 Å². The first-order valence-electron chi connectivity index (χ1n) is 8.83. The summed E-state index contributed by atoms with van der Waals surface area (Å²) in [4.78, 5) is 13.7. The summed E-state index contributed by atoms with van der Waals surface area (Å²) in [6, 6.07) is 12.6. The minimum Gasteiger partial charge on any atom is -0.462 e. The third kappa shape index (κ3) is 3.33. The molecule has 5 nitrogen and oxygen atoms in total. The van der Waals surface area contributed by atoms with Gasteiger partial charge in [-0.2, -0.15) is 0 Å². The monoisotopic (exact) mass is 401 g/mol. The molecule has 0 spiro atoms. The van der Waals surface area contributed by atoms with Crippen molar-refractivity contribution in [2.75, 3.05) is 11.3 Å². The van der Waals surface area contributed by atoms with Gasteiger partial charge in [0.25, 0.3) is 10.0 Å². The second kappa shape index (κ2) is 6.98. The Morgan fingerprint density at radius 2 is 1.93 bits per heavy atom. The number of rotatable bonds is 5. The summed E-state index contributed by atoms with van der Waals surface area (Å²) >= 11 is 1.34. The molecule has 7 heteroatoms. The number of thiophene rings is 1. The minimum atomic E-state index is -3.81. The van der Waals surface area contributed by atoms with Crippen molar-refractivity contribution in [3.05, 3.63) is 58.5 Å². The van der Waals surface area contributed by atoms with Crippen LogP contribution in [0.4, 0.5) is 5.00 Å². The molecule has 1 aliphatic carbocycles. The molecule has 1 aromatic heterocycles. The van der Waals surface area contributed by atoms with Crippen LogP contribution >= 0.6 is 11.3 Å². The van der Waals surface area contributed by atoms with Crippen LogP contribution in [0, 0.1) is 0 Å². The molecule has 140 valence electrons. The molecule has 2 aromatic carbocycles. The summed E-state index contributed by atoms with van der Waals surface area (Å²) < 4.78 is 33.7. The standard InChI is InChI=1S/C20H19NO4S2/c1-2-25-20(22)18-16-8-5-9-17(16)26-19(18)21-27(23,24)15-11-10-13-6-3-4-7-14(13)12-15/h3-4,6-7,10-12,21H,2,5,8-9H2,1H3. The lowest BCUT2D eigenvalue weighted by Crippen LogP contribution is -2.15. The number of carbonyl (C=O) groups excluding carboxylic acids is 1. The van der Waals surface area contributed by atoms with Crippen LogP contribution in [0.1, 0.15) is 34.1 Å². The smallest absolute Gasteiger partial charge is 0.341 e. The van der Waals surface area contributed by atoms with E-state index < -0.39 is 16.0 Å². The number of sulfonamides is 1. The topological polar surface area (TPSA) is 72.5 Å². The van der Waals surface area contributed by atoms with E-state index in [2.05, 4.69) is 4.72 Å². The van der Waals surface area contributed by atoms with E-state index in [1.54, 1.807) is 25.1 Å². The summed E-state index contributed by atoms with van der Waals surface area (Å²) in [5.74, 6) is -0.465. The van der Waals surface area contributed by atoms with E-state index in [9.17, 15) is 13.2 Å². The fourth-order valence-corrected chi connectivity index (χ4v) is 6.03. The average molecular weight is 402 g/mol. The molecule has 3 aromatic rings. The summed E-state index contributed by atoms with van der Waals surface area (Å²) in [5, 5.41) is 2.17. The number of esters is 1. The maximum atomic E-state index is 12.9. The van der Waals surface area contributed by atoms with Gasteiger partial charge < -0.3 is 4.74 Å². The van der Waals surface area contributed by atoms with Crippen molar-refractivity contribution in [3.8, 4) is 0 Å². The van der Waals surface area contributed by atoms with Crippen LogP contribution in [0.15, 0.2) is 47.4 Å². The van der Waals surface area contributed by atoms with Crippen LogP contribution < -0.4 is 4.72 Å². The molecule has 1 aliphatic rings. The second-order valence-corrected chi connectivity index (χ2v) is 9.18. The lowest BCUT2D eigenvalue weighted by atomic mass is 10.1. The average Bonchev–Trinajstić information content (AvgIpc) is 3.21.